The minimum atomic E-state index is -0.391. The smallest absolute Gasteiger partial charge is 0.241 e. The summed E-state index contributed by atoms with van der Waals surface area (Å²) >= 11 is 6.04. The van der Waals surface area contributed by atoms with Gasteiger partial charge in [-0.15, -0.1) is 12.4 Å². The maximum absolute atomic E-state index is 12.7. The van der Waals surface area contributed by atoms with Gasteiger partial charge in [0, 0.05) is 35.8 Å². The summed E-state index contributed by atoms with van der Waals surface area (Å²) in [4.78, 5) is 12.7. The van der Waals surface area contributed by atoms with Gasteiger partial charge < -0.3 is 10.6 Å². The van der Waals surface area contributed by atoms with Gasteiger partial charge in [0.15, 0.2) is 0 Å². The first-order valence-corrected chi connectivity index (χ1v) is 9.11. The van der Waals surface area contributed by atoms with Crippen molar-refractivity contribution in [1.82, 2.24) is 20.4 Å². The van der Waals surface area contributed by atoms with Crippen LogP contribution in [0, 0.1) is 0 Å². The van der Waals surface area contributed by atoms with Gasteiger partial charge in [-0.3, -0.25) is 9.48 Å². The van der Waals surface area contributed by atoms with Crippen LogP contribution in [0.15, 0.2) is 36.7 Å². The van der Waals surface area contributed by atoms with E-state index in [9.17, 15) is 4.79 Å². The highest BCUT2D eigenvalue weighted by Gasteiger charge is 2.36. The lowest BCUT2D eigenvalue weighted by atomic mass is 9.78. The summed E-state index contributed by atoms with van der Waals surface area (Å²) in [6, 6.07) is 7.67. The zero-order valence-electron chi connectivity index (χ0n) is 15.2. The van der Waals surface area contributed by atoms with Crippen LogP contribution in [0.1, 0.15) is 42.9 Å². The molecular formula is C19H26Cl2N4O. The first-order chi connectivity index (χ1) is 12.0. The molecule has 1 atom stereocenters. The molecule has 2 aromatic rings. The number of benzene rings is 1. The average molecular weight is 397 g/mol. The van der Waals surface area contributed by atoms with Crippen LogP contribution >= 0.6 is 24.0 Å². The normalized spacial score (nSPS) is 16.7. The molecule has 5 nitrogen and oxygen atoms in total. The lowest BCUT2D eigenvalue weighted by Crippen LogP contribution is -2.43. The molecule has 1 aromatic carbocycles. The molecule has 0 spiro atoms. The molecule has 1 aliphatic carbocycles. The summed E-state index contributed by atoms with van der Waals surface area (Å²) in [6.07, 6.45) is 8.15. The van der Waals surface area contributed by atoms with Gasteiger partial charge in [0.05, 0.1) is 6.20 Å². The van der Waals surface area contributed by atoms with Gasteiger partial charge >= 0.3 is 0 Å². The van der Waals surface area contributed by atoms with Crippen molar-refractivity contribution in [3.63, 3.8) is 0 Å². The number of nitrogens with zero attached hydrogens (tertiary/aromatic N) is 2. The van der Waals surface area contributed by atoms with E-state index in [-0.39, 0.29) is 23.7 Å². The summed E-state index contributed by atoms with van der Waals surface area (Å²) in [6.45, 7) is 0.645. The number of hydrogen-bond acceptors (Lipinski definition) is 3. The minimum Gasteiger partial charge on any atom is -0.354 e. The predicted octanol–water partition coefficient (Wildman–Crippen LogP) is 3.38. The molecule has 0 aliphatic heterocycles. The van der Waals surface area contributed by atoms with Crippen LogP contribution < -0.4 is 10.6 Å². The number of nitrogens with one attached hydrogen (secondary N) is 2. The molecule has 1 aliphatic rings. The quantitative estimate of drug-likeness (QED) is 0.786. The van der Waals surface area contributed by atoms with Crippen molar-refractivity contribution in [3.8, 4) is 0 Å². The van der Waals surface area contributed by atoms with Crippen molar-refractivity contribution in [2.45, 2.75) is 37.1 Å². The Bertz CT molecular complexity index is 723. The van der Waals surface area contributed by atoms with Crippen molar-refractivity contribution in [1.29, 1.82) is 0 Å². The van der Waals surface area contributed by atoms with Gasteiger partial charge in [0.1, 0.15) is 6.04 Å². The number of halogens is 2. The fourth-order valence-corrected chi connectivity index (χ4v) is 3.95. The summed E-state index contributed by atoms with van der Waals surface area (Å²) in [5.74, 6) is -0.0178. The number of aryl methyl sites for hydroxylation is 1. The first-order valence-electron chi connectivity index (χ1n) is 8.74. The highest BCUT2D eigenvalue weighted by atomic mass is 35.5. The van der Waals surface area contributed by atoms with Crippen LogP contribution in [0.4, 0.5) is 0 Å². The van der Waals surface area contributed by atoms with Gasteiger partial charge in [-0.1, -0.05) is 36.6 Å². The van der Waals surface area contributed by atoms with Crippen LogP contribution in [0.2, 0.25) is 5.02 Å². The molecule has 2 N–H and O–H groups in total. The minimum absolute atomic E-state index is 0. The molecule has 26 heavy (non-hydrogen) atoms. The van der Waals surface area contributed by atoms with Gasteiger partial charge in [-0.05, 0) is 37.6 Å². The maximum atomic E-state index is 12.7. The molecule has 0 saturated heterocycles. The molecule has 7 heteroatoms. The Kier molecular flexibility index (Phi) is 7.09. The van der Waals surface area contributed by atoms with E-state index >= 15 is 0 Å². The SMILES string of the molecule is CNC(C(=O)NCC1(c2ccc(Cl)cc2)CCCC1)c1cnn(C)c1.Cl. The van der Waals surface area contributed by atoms with E-state index in [1.54, 1.807) is 17.9 Å². The standard InChI is InChI=1S/C19H25ClN4O.ClH/c1-21-17(14-11-23-24(2)12-14)18(25)22-13-19(9-3-4-10-19)15-5-7-16(20)8-6-15;/h5-8,11-12,17,21H,3-4,9-10,13H2,1-2H3,(H,22,25);1H. The topological polar surface area (TPSA) is 59.0 Å². The fraction of sp³-hybridized carbons (Fsp3) is 0.474. The highest BCUT2D eigenvalue weighted by molar-refractivity contribution is 6.30. The first kappa shape index (κ1) is 20.7. The third kappa shape index (κ3) is 4.40. The second kappa shape index (κ2) is 8.89. The Labute approximate surface area is 165 Å². The molecule has 0 radical (unpaired) electrons. The number of rotatable bonds is 6. The van der Waals surface area contributed by atoms with E-state index in [1.165, 1.54) is 18.4 Å². The third-order valence-corrected chi connectivity index (χ3v) is 5.48. The molecule has 1 heterocycles. The van der Waals surface area contributed by atoms with Crippen LogP contribution in [0.25, 0.3) is 0 Å². The molecule has 1 saturated carbocycles. The third-order valence-electron chi connectivity index (χ3n) is 5.23. The zero-order chi connectivity index (χ0) is 17.9. The average Bonchev–Trinajstić information content (AvgIpc) is 3.25. The number of aromatic nitrogens is 2. The Morgan fingerprint density at radius 1 is 1.31 bits per heavy atom. The fourth-order valence-electron chi connectivity index (χ4n) is 3.82. The highest BCUT2D eigenvalue weighted by Crippen LogP contribution is 2.41. The molecule has 0 bridgehead atoms. The Hall–Kier alpha value is -1.56. The van der Waals surface area contributed by atoms with E-state index in [2.05, 4.69) is 27.9 Å². The summed E-state index contributed by atoms with van der Waals surface area (Å²) in [5.41, 5.74) is 2.14. The van der Waals surface area contributed by atoms with Gasteiger partial charge in [-0.2, -0.15) is 5.10 Å². The monoisotopic (exact) mass is 396 g/mol. The van der Waals surface area contributed by atoms with E-state index in [0.29, 0.717) is 6.54 Å². The van der Waals surface area contributed by atoms with Crippen molar-refractivity contribution in [2.24, 2.45) is 7.05 Å². The van der Waals surface area contributed by atoms with Gasteiger partial charge in [0.2, 0.25) is 5.91 Å². The molecule has 142 valence electrons. The van der Waals surface area contributed by atoms with Crippen molar-refractivity contribution in [2.75, 3.05) is 13.6 Å². The van der Waals surface area contributed by atoms with E-state index in [0.717, 1.165) is 23.4 Å². The lowest BCUT2D eigenvalue weighted by Gasteiger charge is -2.31. The predicted molar refractivity (Wildman–Crippen MR) is 107 cm³/mol. The number of carbonyl (C=O) groups excluding carboxylic acids is 1. The van der Waals surface area contributed by atoms with E-state index in [4.69, 9.17) is 11.6 Å². The van der Waals surface area contributed by atoms with Gasteiger partial charge in [-0.25, -0.2) is 0 Å². The Morgan fingerprint density at radius 3 is 2.50 bits per heavy atom. The molecular weight excluding hydrogens is 371 g/mol. The van der Waals surface area contributed by atoms with Crippen LogP contribution in [0.3, 0.4) is 0 Å². The van der Waals surface area contributed by atoms with Crippen LogP contribution in [-0.4, -0.2) is 29.3 Å². The van der Waals surface area contributed by atoms with Crippen LogP contribution in [0.5, 0.6) is 0 Å². The van der Waals surface area contributed by atoms with Crippen molar-refractivity contribution in [3.05, 3.63) is 52.8 Å². The van der Waals surface area contributed by atoms with Gasteiger partial charge in [0.25, 0.3) is 0 Å². The van der Waals surface area contributed by atoms with Crippen molar-refractivity contribution >= 4 is 29.9 Å². The van der Waals surface area contributed by atoms with Crippen molar-refractivity contribution < 1.29 is 4.79 Å². The Balaban J connectivity index is 0.00000243. The number of carbonyl (C=O) groups is 1. The second-order valence-corrected chi connectivity index (χ2v) is 7.32. The maximum Gasteiger partial charge on any atom is 0.241 e. The number of likely N-dealkylation sites (N-methyl/N-ethyl adjacent to an activating group) is 1. The molecule has 1 fully saturated rings. The number of amides is 1. The summed E-state index contributed by atoms with van der Waals surface area (Å²) < 4.78 is 1.71. The second-order valence-electron chi connectivity index (χ2n) is 6.88. The molecule has 1 unspecified atom stereocenters. The van der Waals surface area contributed by atoms with E-state index in [1.807, 2.05) is 25.4 Å². The van der Waals surface area contributed by atoms with Crippen LogP contribution in [-0.2, 0) is 17.3 Å². The molecule has 1 amide bonds. The van der Waals surface area contributed by atoms with E-state index < -0.39 is 6.04 Å². The largest absolute Gasteiger partial charge is 0.354 e. The molecule has 3 rings (SSSR count). The lowest BCUT2D eigenvalue weighted by molar-refractivity contribution is -0.123. The molecule has 1 aromatic heterocycles. The Morgan fingerprint density at radius 2 is 1.96 bits per heavy atom. The zero-order valence-corrected chi connectivity index (χ0v) is 16.7. The number of hydrogen-bond donors (Lipinski definition) is 2. The summed E-state index contributed by atoms with van der Waals surface area (Å²) in [5, 5.41) is 11.2. The summed E-state index contributed by atoms with van der Waals surface area (Å²) in [7, 11) is 3.64.